The molecule has 74 valence electrons. The molecule has 3 heteroatoms. The monoisotopic (exact) mass is 190 g/mol. The predicted octanol–water partition coefficient (Wildman–Crippen LogP) is 1.01. The molecule has 1 saturated heterocycles. The highest BCUT2D eigenvalue weighted by molar-refractivity contribution is 5.96. The van der Waals surface area contributed by atoms with E-state index < -0.39 is 0 Å². The van der Waals surface area contributed by atoms with Gasteiger partial charge in [0.2, 0.25) is 5.91 Å². The van der Waals surface area contributed by atoms with Gasteiger partial charge in [-0.2, -0.15) is 0 Å². The van der Waals surface area contributed by atoms with Crippen LogP contribution in [0.4, 0.5) is 5.69 Å². The van der Waals surface area contributed by atoms with Crippen molar-refractivity contribution < 1.29 is 4.79 Å². The third-order valence-corrected chi connectivity index (χ3v) is 2.46. The van der Waals surface area contributed by atoms with Crippen LogP contribution >= 0.6 is 0 Å². The Morgan fingerprint density at radius 3 is 2.71 bits per heavy atom. The van der Waals surface area contributed by atoms with E-state index in [4.69, 9.17) is 0 Å². The zero-order valence-corrected chi connectivity index (χ0v) is 8.23. The number of para-hydroxylation sites is 1. The highest BCUT2D eigenvalue weighted by atomic mass is 16.2. The highest BCUT2D eigenvalue weighted by Crippen LogP contribution is 2.17. The summed E-state index contributed by atoms with van der Waals surface area (Å²) in [7, 11) is 0. The van der Waals surface area contributed by atoms with Crippen molar-refractivity contribution in [3.05, 3.63) is 30.3 Å². The summed E-state index contributed by atoms with van der Waals surface area (Å²) >= 11 is 0. The molecule has 1 fully saturated rings. The Bertz CT molecular complexity index is 323. The van der Waals surface area contributed by atoms with E-state index in [1.807, 2.05) is 35.2 Å². The maximum atomic E-state index is 11.7. The molecule has 1 aliphatic heterocycles. The van der Waals surface area contributed by atoms with E-state index in [-0.39, 0.29) is 11.9 Å². The minimum Gasteiger partial charge on any atom is -0.307 e. The molecule has 0 aromatic heterocycles. The molecule has 1 N–H and O–H groups in total. The third-order valence-electron chi connectivity index (χ3n) is 2.46. The molecule has 1 atom stereocenters. The van der Waals surface area contributed by atoms with Gasteiger partial charge in [-0.05, 0) is 19.1 Å². The fourth-order valence-corrected chi connectivity index (χ4v) is 1.80. The van der Waals surface area contributed by atoms with Gasteiger partial charge in [-0.1, -0.05) is 18.2 Å². The van der Waals surface area contributed by atoms with E-state index in [2.05, 4.69) is 12.2 Å². The van der Waals surface area contributed by atoms with Crippen LogP contribution in [0.1, 0.15) is 6.92 Å². The molecule has 1 unspecified atom stereocenters. The van der Waals surface area contributed by atoms with Gasteiger partial charge < -0.3 is 10.2 Å². The summed E-state index contributed by atoms with van der Waals surface area (Å²) in [6.07, 6.45) is 0. The summed E-state index contributed by atoms with van der Waals surface area (Å²) < 4.78 is 0. The second-order valence-electron chi connectivity index (χ2n) is 3.58. The van der Waals surface area contributed by atoms with Gasteiger partial charge in [-0.15, -0.1) is 0 Å². The lowest BCUT2D eigenvalue weighted by Crippen LogP contribution is -2.53. The van der Waals surface area contributed by atoms with Crippen molar-refractivity contribution >= 4 is 11.6 Å². The lowest BCUT2D eigenvalue weighted by Gasteiger charge is -2.33. The number of carbonyl (C=O) groups excluding carboxylic acids is 1. The second kappa shape index (κ2) is 3.80. The Labute approximate surface area is 83.7 Å². The van der Waals surface area contributed by atoms with E-state index in [0.717, 1.165) is 12.2 Å². The molecule has 14 heavy (non-hydrogen) atoms. The zero-order chi connectivity index (χ0) is 9.97. The van der Waals surface area contributed by atoms with Gasteiger partial charge in [0.1, 0.15) is 0 Å². The largest absolute Gasteiger partial charge is 0.307 e. The molecule has 1 heterocycles. The first-order valence-corrected chi connectivity index (χ1v) is 4.87. The predicted molar refractivity (Wildman–Crippen MR) is 56.3 cm³/mol. The van der Waals surface area contributed by atoms with Gasteiger partial charge in [0.25, 0.3) is 0 Å². The Morgan fingerprint density at radius 1 is 1.36 bits per heavy atom. The minimum absolute atomic E-state index is 0.148. The van der Waals surface area contributed by atoms with Gasteiger partial charge >= 0.3 is 0 Å². The molecule has 1 aliphatic rings. The normalized spacial score (nSPS) is 22.5. The number of piperazine rings is 1. The van der Waals surface area contributed by atoms with E-state index in [1.54, 1.807) is 0 Å². The number of hydrogen-bond acceptors (Lipinski definition) is 2. The quantitative estimate of drug-likeness (QED) is 0.717. The molecule has 1 aromatic rings. The number of amides is 1. The fourth-order valence-electron chi connectivity index (χ4n) is 1.80. The Hall–Kier alpha value is -1.35. The van der Waals surface area contributed by atoms with Crippen molar-refractivity contribution in [3.63, 3.8) is 0 Å². The number of carbonyl (C=O) groups is 1. The smallest absolute Gasteiger partial charge is 0.241 e. The molecular weight excluding hydrogens is 176 g/mol. The molecule has 1 aromatic carbocycles. The van der Waals surface area contributed by atoms with Crippen molar-refractivity contribution in [1.82, 2.24) is 5.32 Å². The lowest BCUT2D eigenvalue weighted by molar-refractivity contribution is -0.119. The molecule has 3 nitrogen and oxygen atoms in total. The molecule has 0 spiro atoms. The third kappa shape index (κ3) is 1.63. The summed E-state index contributed by atoms with van der Waals surface area (Å²) in [4.78, 5) is 13.5. The van der Waals surface area contributed by atoms with Crippen LogP contribution in [0.3, 0.4) is 0 Å². The molecule has 0 saturated carbocycles. The Balaban J connectivity index is 2.27. The highest BCUT2D eigenvalue weighted by Gasteiger charge is 2.25. The first kappa shape index (κ1) is 9.21. The molecule has 2 rings (SSSR count). The number of nitrogens with one attached hydrogen (secondary N) is 1. The topological polar surface area (TPSA) is 32.3 Å². The SMILES string of the molecule is CC1CNCC(=O)N1c1ccccc1. The van der Waals surface area contributed by atoms with Gasteiger partial charge in [0.15, 0.2) is 0 Å². The first-order valence-electron chi connectivity index (χ1n) is 4.87. The Morgan fingerprint density at radius 2 is 2.07 bits per heavy atom. The average molecular weight is 190 g/mol. The number of nitrogens with zero attached hydrogens (tertiary/aromatic N) is 1. The van der Waals surface area contributed by atoms with Crippen LogP contribution in [0.15, 0.2) is 30.3 Å². The number of hydrogen-bond donors (Lipinski definition) is 1. The fraction of sp³-hybridized carbons (Fsp3) is 0.364. The van der Waals surface area contributed by atoms with Gasteiger partial charge in [-0.3, -0.25) is 4.79 Å². The maximum absolute atomic E-state index is 11.7. The van der Waals surface area contributed by atoms with Crippen LogP contribution in [-0.4, -0.2) is 25.0 Å². The molecule has 0 radical (unpaired) electrons. The van der Waals surface area contributed by atoms with E-state index in [9.17, 15) is 4.79 Å². The van der Waals surface area contributed by atoms with Crippen molar-refractivity contribution in [3.8, 4) is 0 Å². The summed E-state index contributed by atoms with van der Waals surface area (Å²) in [5, 5.41) is 3.09. The molecule has 0 aliphatic carbocycles. The minimum atomic E-state index is 0.148. The number of benzene rings is 1. The number of anilines is 1. The standard InChI is InChI=1S/C11H14N2O/c1-9-7-12-8-11(14)13(9)10-5-3-2-4-6-10/h2-6,9,12H,7-8H2,1H3. The van der Waals surface area contributed by atoms with Crippen LogP contribution in [0, 0.1) is 0 Å². The van der Waals surface area contributed by atoms with Crippen molar-refractivity contribution in [2.24, 2.45) is 0 Å². The maximum Gasteiger partial charge on any atom is 0.241 e. The lowest BCUT2D eigenvalue weighted by atomic mass is 10.1. The molecule has 0 bridgehead atoms. The summed E-state index contributed by atoms with van der Waals surface area (Å²) in [5.41, 5.74) is 0.992. The van der Waals surface area contributed by atoms with Crippen LogP contribution < -0.4 is 10.2 Å². The summed E-state index contributed by atoms with van der Waals surface area (Å²) in [6, 6.07) is 10.0. The van der Waals surface area contributed by atoms with Gasteiger partial charge in [0, 0.05) is 18.3 Å². The van der Waals surface area contributed by atoms with Crippen LogP contribution in [0.25, 0.3) is 0 Å². The van der Waals surface area contributed by atoms with Gasteiger partial charge in [-0.25, -0.2) is 0 Å². The van der Waals surface area contributed by atoms with E-state index in [1.165, 1.54) is 0 Å². The van der Waals surface area contributed by atoms with Crippen LogP contribution in [0.2, 0.25) is 0 Å². The first-order chi connectivity index (χ1) is 6.79. The molecule has 1 amide bonds. The second-order valence-corrected chi connectivity index (χ2v) is 3.58. The summed E-state index contributed by atoms with van der Waals surface area (Å²) in [5.74, 6) is 0.148. The van der Waals surface area contributed by atoms with E-state index in [0.29, 0.717) is 6.54 Å². The van der Waals surface area contributed by atoms with Gasteiger partial charge in [0.05, 0.1) is 6.54 Å². The molecular formula is C11H14N2O. The Kier molecular flexibility index (Phi) is 2.50. The zero-order valence-electron chi connectivity index (χ0n) is 8.23. The number of rotatable bonds is 1. The summed E-state index contributed by atoms with van der Waals surface area (Å²) in [6.45, 7) is 3.36. The van der Waals surface area contributed by atoms with Crippen LogP contribution in [0.5, 0.6) is 0 Å². The van der Waals surface area contributed by atoms with Crippen molar-refractivity contribution in [2.75, 3.05) is 18.0 Å². The van der Waals surface area contributed by atoms with Crippen molar-refractivity contribution in [2.45, 2.75) is 13.0 Å². The van der Waals surface area contributed by atoms with E-state index >= 15 is 0 Å². The van der Waals surface area contributed by atoms with Crippen molar-refractivity contribution in [1.29, 1.82) is 0 Å². The van der Waals surface area contributed by atoms with Crippen LogP contribution in [-0.2, 0) is 4.79 Å². The average Bonchev–Trinajstić information content (AvgIpc) is 2.19.